The van der Waals surface area contributed by atoms with Crippen molar-refractivity contribution in [1.82, 2.24) is 5.32 Å². The maximum absolute atomic E-state index is 13.0. The van der Waals surface area contributed by atoms with Crippen LogP contribution >= 0.6 is 11.6 Å². The number of nitrogens with one attached hydrogen (secondary N) is 1. The van der Waals surface area contributed by atoms with E-state index in [0.717, 1.165) is 12.1 Å². The summed E-state index contributed by atoms with van der Waals surface area (Å²) in [5, 5.41) is 2.78. The standard InChI is InChI=1S/C19H18ClFN2O4/c1-11(18(25)12-6-8-13(21)9-7-12)27-17(24)10-16(23-19(22)26)14-4-2-3-5-15(14)20/h2-9,11,16H,10H2,1H3,(H3,22,23,26)/t11-,16-/m1/s1. The van der Waals surface area contributed by atoms with Gasteiger partial charge in [0.2, 0.25) is 5.78 Å². The average molecular weight is 393 g/mol. The molecule has 142 valence electrons. The third kappa shape index (κ3) is 5.79. The van der Waals surface area contributed by atoms with Gasteiger partial charge in [-0.15, -0.1) is 0 Å². The van der Waals surface area contributed by atoms with Gasteiger partial charge in [-0.25, -0.2) is 9.18 Å². The minimum atomic E-state index is -1.08. The van der Waals surface area contributed by atoms with Crippen LogP contribution in [-0.2, 0) is 9.53 Å². The molecule has 0 heterocycles. The first-order valence-electron chi connectivity index (χ1n) is 8.07. The van der Waals surface area contributed by atoms with Crippen LogP contribution in [0, 0.1) is 5.82 Å². The lowest BCUT2D eigenvalue weighted by Gasteiger charge is -2.20. The Bertz CT molecular complexity index is 842. The van der Waals surface area contributed by atoms with Gasteiger partial charge >= 0.3 is 12.0 Å². The number of esters is 1. The zero-order valence-electron chi connectivity index (χ0n) is 14.4. The SMILES string of the molecule is C[C@@H](OC(=O)C[C@@H](NC(N)=O)c1ccccc1Cl)C(=O)c1ccc(F)cc1. The normalized spacial score (nSPS) is 12.7. The predicted molar refractivity (Wildman–Crippen MR) is 97.8 cm³/mol. The fourth-order valence-electron chi connectivity index (χ4n) is 2.48. The van der Waals surface area contributed by atoms with Gasteiger partial charge in [0.05, 0.1) is 12.5 Å². The molecule has 2 atom stereocenters. The number of primary amides is 1. The largest absolute Gasteiger partial charge is 0.454 e. The third-order valence-corrected chi connectivity index (χ3v) is 4.12. The van der Waals surface area contributed by atoms with Crippen molar-refractivity contribution in [2.45, 2.75) is 25.5 Å². The molecule has 2 aromatic carbocycles. The smallest absolute Gasteiger partial charge is 0.312 e. The maximum Gasteiger partial charge on any atom is 0.312 e. The second-order valence-electron chi connectivity index (χ2n) is 5.79. The van der Waals surface area contributed by atoms with Gasteiger partial charge in [-0.2, -0.15) is 0 Å². The molecule has 3 N–H and O–H groups in total. The molecule has 2 aromatic rings. The van der Waals surface area contributed by atoms with Crippen molar-refractivity contribution in [3.05, 3.63) is 70.5 Å². The van der Waals surface area contributed by atoms with E-state index in [-0.39, 0.29) is 12.0 Å². The molecule has 0 saturated heterocycles. The molecule has 2 amide bonds. The Labute approximate surface area is 160 Å². The molecule has 0 aliphatic rings. The molecule has 6 nitrogen and oxygen atoms in total. The molecule has 0 aliphatic heterocycles. The van der Waals surface area contributed by atoms with Crippen molar-refractivity contribution in [1.29, 1.82) is 0 Å². The monoisotopic (exact) mass is 392 g/mol. The van der Waals surface area contributed by atoms with Crippen molar-refractivity contribution in [2.75, 3.05) is 0 Å². The highest BCUT2D eigenvalue weighted by Crippen LogP contribution is 2.25. The minimum Gasteiger partial charge on any atom is -0.454 e. The summed E-state index contributed by atoms with van der Waals surface area (Å²) in [6, 6.07) is 9.92. The molecule has 0 aliphatic carbocycles. The number of carbonyl (C=O) groups is 3. The average Bonchev–Trinajstić information content (AvgIpc) is 2.61. The highest BCUT2D eigenvalue weighted by atomic mass is 35.5. The Morgan fingerprint density at radius 2 is 1.78 bits per heavy atom. The molecule has 0 unspecified atom stereocenters. The first-order chi connectivity index (χ1) is 12.8. The number of amides is 2. The summed E-state index contributed by atoms with van der Waals surface area (Å²) < 4.78 is 18.1. The van der Waals surface area contributed by atoms with E-state index in [2.05, 4.69) is 5.32 Å². The van der Waals surface area contributed by atoms with E-state index in [1.807, 2.05) is 0 Å². The zero-order valence-corrected chi connectivity index (χ0v) is 15.2. The van der Waals surface area contributed by atoms with Gasteiger partial charge in [0.25, 0.3) is 0 Å². The Kier molecular flexibility index (Phi) is 6.90. The van der Waals surface area contributed by atoms with Crippen LogP contribution in [0.2, 0.25) is 5.02 Å². The van der Waals surface area contributed by atoms with Gasteiger partial charge in [0.15, 0.2) is 6.10 Å². The molecule has 0 spiro atoms. The summed E-state index contributed by atoms with van der Waals surface area (Å²) in [5.74, 6) is -1.67. The molecule has 8 heteroatoms. The van der Waals surface area contributed by atoms with Crippen molar-refractivity contribution in [2.24, 2.45) is 5.73 Å². The fourth-order valence-corrected chi connectivity index (χ4v) is 2.75. The van der Waals surface area contributed by atoms with E-state index >= 15 is 0 Å². The highest BCUT2D eigenvalue weighted by Gasteiger charge is 2.24. The Balaban J connectivity index is 2.06. The van der Waals surface area contributed by atoms with Gasteiger partial charge in [0.1, 0.15) is 5.82 Å². The van der Waals surface area contributed by atoms with Crippen molar-refractivity contribution < 1.29 is 23.5 Å². The minimum absolute atomic E-state index is 0.217. The van der Waals surface area contributed by atoms with Crippen molar-refractivity contribution in [3.63, 3.8) is 0 Å². The highest BCUT2D eigenvalue weighted by molar-refractivity contribution is 6.31. The number of ether oxygens (including phenoxy) is 1. The number of Topliss-reactive ketones (excluding diaryl/α,β-unsaturated/α-hetero) is 1. The molecule has 0 fully saturated rings. The summed E-state index contributed by atoms with van der Waals surface area (Å²) in [6.07, 6.45) is -1.35. The van der Waals surface area contributed by atoms with Crippen LogP contribution in [0.25, 0.3) is 0 Å². The van der Waals surface area contributed by atoms with Gasteiger partial charge in [-0.05, 0) is 42.8 Å². The van der Waals surface area contributed by atoms with E-state index in [4.69, 9.17) is 22.1 Å². The number of urea groups is 1. The number of hydrogen-bond acceptors (Lipinski definition) is 4. The van der Waals surface area contributed by atoms with E-state index < -0.39 is 35.7 Å². The number of carbonyl (C=O) groups excluding carboxylic acids is 3. The van der Waals surface area contributed by atoms with E-state index in [1.165, 1.54) is 19.1 Å². The predicted octanol–water partition coefficient (Wildman–Crippen LogP) is 3.39. The van der Waals surface area contributed by atoms with Crippen LogP contribution in [0.1, 0.15) is 35.3 Å². The van der Waals surface area contributed by atoms with Crippen LogP contribution in [0.15, 0.2) is 48.5 Å². The summed E-state index contributed by atoms with van der Waals surface area (Å²) in [7, 11) is 0. The molecule has 27 heavy (non-hydrogen) atoms. The molecule has 0 saturated carbocycles. The Morgan fingerprint density at radius 1 is 1.15 bits per heavy atom. The summed E-state index contributed by atoms with van der Waals surface area (Å²) in [4.78, 5) is 35.8. The quantitative estimate of drug-likeness (QED) is 0.557. The van der Waals surface area contributed by atoms with Gasteiger partial charge in [-0.3, -0.25) is 9.59 Å². The fraction of sp³-hybridized carbons (Fsp3) is 0.211. The second kappa shape index (κ2) is 9.14. The summed E-state index contributed by atoms with van der Waals surface area (Å²) in [5.41, 5.74) is 5.87. The van der Waals surface area contributed by atoms with Gasteiger partial charge in [0, 0.05) is 10.6 Å². The molecule has 0 bridgehead atoms. The number of ketones is 1. The van der Waals surface area contributed by atoms with Crippen LogP contribution in [-0.4, -0.2) is 23.9 Å². The summed E-state index contributed by atoms with van der Waals surface area (Å²) in [6.45, 7) is 1.41. The number of benzene rings is 2. The molecule has 0 radical (unpaired) electrons. The van der Waals surface area contributed by atoms with Gasteiger partial charge in [-0.1, -0.05) is 29.8 Å². The number of rotatable bonds is 7. The molecule has 0 aromatic heterocycles. The first kappa shape index (κ1) is 20.4. The zero-order chi connectivity index (χ0) is 20.0. The Hall–Kier alpha value is -2.93. The topological polar surface area (TPSA) is 98.5 Å². The van der Waals surface area contributed by atoms with Crippen LogP contribution in [0.3, 0.4) is 0 Å². The first-order valence-corrected chi connectivity index (χ1v) is 8.45. The van der Waals surface area contributed by atoms with Crippen molar-refractivity contribution >= 4 is 29.4 Å². The van der Waals surface area contributed by atoms with Crippen LogP contribution in [0.5, 0.6) is 0 Å². The molecular weight excluding hydrogens is 375 g/mol. The number of halogens is 2. The van der Waals surface area contributed by atoms with E-state index in [0.29, 0.717) is 10.6 Å². The van der Waals surface area contributed by atoms with Crippen LogP contribution in [0.4, 0.5) is 9.18 Å². The maximum atomic E-state index is 13.0. The van der Waals surface area contributed by atoms with Crippen LogP contribution < -0.4 is 11.1 Å². The Morgan fingerprint density at radius 3 is 2.37 bits per heavy atom. The van der Waals surface area contributed by atoms with E-state index in [9.17, 15) is 18.8 Å². The number of nitrogens with two attached hydrogens (primary N) is 1. The van der Waals surface area contributed by atoms with Crippen molar-refractivity contribution in [3.8, 4) is 0 Å². The number of hydrogen-bond donors (Lipinski definition) is 2. The van der Waals surface area contributed by atoms with E-state index in [1.54, 1.807) is 24.3 Å². The second-order valence-corrected chi connectivity index (χ2v) is 6.20. The molecule has 2 rings (SSSR count). The third-order valence-electron chi connectivity index (χ3n) is 3.77. The lowest BCUT2D eigenvalue weighted by atomic mass is 10.0. The lowest BCUT2D eigenvalue weighted by molar-refractivity contribution is -0.146. The lowest BCUT2D eigenvalue weighted by Crippen LogP contribution is -2.35. The van der Waals surface area contributed by atoms with Gasteiger partial charge < -0.3 is 15.8 Å². The summed E-state index contributed by atoms with van der Waals surface area (Å²) >= 11 is 6.11. The molecular formula is C19H18ClFN2O4.